The van der Waals surface area contributed by atoms with Crippen LogP contribution < -0.4 is 0 Å². The zero-order valence-corrected chi connectivity index (χ0v) is 9.46. The number of hydrogen-bond acceptors (Lipinski definition) is 3. The molecular formula is C9H19NO3S. The molecule has 1 N–H and O–H groups in total. The van der Waals surface area contributed by atoms with Gasteiger partial charge in [-0.25, -0.2) is 12.7 Å². The number of aliphatic hydroxyl groups excluding tert-OH is 1. The molecule has 0 radical (unpaired) electrons. The summed E-state index contributed by atoms with van der Waals surface area (Å²) in [5.74, 6) is 0.436. The van der Waals surface area contributed by atoms with Crippen molar-refractivity contribution in [3.05, 3.63) is 0 Å². The third kappa shape index (κ3) is 3.55. The molecule has 0 aromatic heterocycles. The zero-order valence-electron chi connectivity index (χ0n) is 8.65. The molecule has 0 aromatic carbocycles. The Kier molecular flexibility index (Phi) is 4.34. The maximum atomic E-state index is 11.3. The van der Waals surface area contributed by atoms with Crippen molar-refractivity contribution < 1.29 is 13.5 Å². The lowest BCUT2D eigenvalue weighted by atomic mass is 9.95. The van der Waals surface area contributed by atoms with Gasteiger partial charge in [0.25, 0.3) is 0 Å². The first-order valence-corrected chi connectivity index (χ1v) is 6.95. The normalized spacial score (nSPS) is 25.1. The van der Waals surface area contributed by atoms with Crippen LogP contribution in [0.25, 0.3) is 0 Å². The van der Waals surface area contributed by atoms with E-state index in [1.165, 1.54) is 6.26 Å². The summed E-state index contributed by atoms with van der Waals surface area (Å²) in [5, 5.41) is 8.69. The van der Waals surface area contributed by atoms with Crippen molar-refractivity contribution in [1.82, 2.24) is 4.31 Å². The van der Waals surface area contributed by atoms with Crippen LogP contribution in [0.2, 0.25) is 0 Å². The molecular weight excluding hydrogens is 202 g/mol. The predicted molar refractivity (Wildman–Crippen MR) is 55.5 cm³/mol. The largest absolute Gasteiger partial charge is 0.396 e. The molecule has 1 aliphatic rings. The second-order valence-electron chi connectivity index (χ2n) is 4.00. The molecule has 0 spiro atoms. The van der Waals surface area contributed by atoms with Crippen LogP contribution >= 0.6 is 0 Å². The smallest absolute Gasteiger partial charge is 0.211 e. The Bertz CT molecular complexity index is 263. The molecule has 5 heteroatoms. The van der Waals surface area contributed by atoms with E-state index >= 15 is 0 Å². The summed E-state index contributed by atoms with van der Waals surface area (Å²) in [6, 6.07) is 0. The first-order valence-electron chi connectivity index (χ1n) is 5.10. The van der Waals surface area contributed by atoms with E-state index in [4.69, 9.17) is 5.11 Å². The van der Waals surface area contributed by atoms with Gasteiger partial charge in [0.15, 0.2) is 0 Å². The lowest BCUT2D eigenvalue weighted by Crippen LogP contribution is -2.39. The minimum atomic E-state index is -3.01. The zero-order chi connectivity index (χ0) is 10.6. The van der Waals surface area contributed by atoms with Gasteiger partial charge >= 0.3 is 0 Å². The molecule has 1 atom stereocenters. The summed E-state index contributed by atoms with van der Waals surface area (Å²) in [5.41, 5.74) is 0. The molecule has 14 heavy (non-hydrogen) atoms. The van der Waals surface area contributed by atoms with Gasteiger partial charge in [0.1, 0.15) is 0 Å². The molecule has 84 valence electrons. The monoisotopic (exact) mass is 221 g/mol. The van der Waals surface area contributed by atoms with Crippen LogP contribution in [-0.4, -0.2) is 43.8 Å². The summed E-state index contributed by atoms with van der Waals surface area (Å²) in [6.07, 6.45) is 5.02. The standard InChI is InChI=1S/C9H19NO3S/c1-14(12,13)10-6-2-4-9(8-10)5-3-7-11/h9,11H,2-8H2,1H3. The first kappa shape index (κ1) is 11.9. The fraction of sp³-hybridized carbons (Fsp3) is 1.00. The van der Waals surface area contributed by atoms with E-state index in [2.05, 4.69) is 0 Å². The quantitative estimate of drug-likeness (QED) is 0.749. The number of nitrogens with zero attached hydrogens (tertiary/aromatic N) is 1. The van der Waals surface area contributed by atoms with Gasteiger partial charge in [-0.15, -0.1) is 0 Å². The topological polar surface area (TPSA) is 57.6 Å². The van der Waals surface area contributed by atoms with Crippen LogP contribution in [0.5, 0.6) is 0 Å². The van der Waals surface area contributed by atoms with E-state index in [9.17, 15) is 8.42 Å². The highest BCUT2D eigenvalue weighted by molar-refractivity contribution is 7.88. The van der Waals surface area contributed by atoms with E-state index in [-0.39, 0.29) is 6.61 Å². The van der Waals surface area contributed by atoms with Gasteiger partial charge in [0.2, 0.25) is 10.0 Å². The Balaban J connectivity index is 2.44. The van der Waals surface area contributed by atoms with Crippen molar-refractivity contribution >= 4 is 10.0 Å². The number of sulfonamides is 1. The Labute approximate surface area is 86.0 Å². The molecule has 0 aromatic rings. The lowest BCUT2D eigenvalue weighted by molar-refractivity contribution is 0.225. The third-order valence-electron chi connectivity index (χ3n) is 2.72. The van der Waals surface area contributed by atoms with E-state index in [1.807, 2.05) is 0 Å². The molecule has 1 unspecified atom stereocenters. The molecule has 0 amide bonds. The van der Waals surface area contributed by atoms with Gasteiger partial charge in [-0.1, -0.05) is 0 Å². The molecule has 1 saturated heterocycles. The van der Waals surface area contributed by atoms with E-state index in [0.717, 1.165) is 25.7 Å². The lowest BCUT2D eigenvalue weighted by Gasteiger charge is -2.30. The second kappa shape index (κ2) is 5.09. The van der Waals surface area contributed by atoms with Crippen LogP contribution in [0, 0.1) is 5.92 Å². The molecule has 1 aliphatic heterocycles. The van der Waals surface area contributed by atoms with Crippen molar-refractivity contribution in [2.45, 2.75) is 25.7 Å². The molecule has 0 bridgehead atoms. The Morgan fingerprint density at radius 1 is 1.50 bits per heavy atom. The van der Waals surface area contributed by atoms with Gasteiger partial charge in [-0.05, 0) is 31.6 Å². The molecule has 0 aliphatic carbocycles. The van der Waals surface area contributed by atoms with E-state index in [0.29, 0.717) is 19.0 Å². The average Bonchev–Trinajstić information content (AvgIpc) is 2.14. The predicted octanol–water partition coefficient (Wildman–Crippen LogP) is 0.430. The molecule has 1 heterocycles. The fourth-order valence-corrected chi connectivity index (χ4v) is 2.89. The van der Waals surface area contributed by atoms with Gasteiger partial charge in [-0.3, -0.25) is 0 Å². The van der Waals surface area contributed by atoms with Crippen LogP contribution in [0.1, 0.15) is 25.7 Å². The van der Waals surface area contributed by atoms with Gasteiger partial charge in [0.05, 0.1) is 6.26 Å². The minimum Gasteiger partial charge on any atom is -0.396 e. The highest BCUT2D eigenvalue weighted by atomic mass is 32.2. The highest BCUT2D eigenvalue weighted by Crippen LogP contribution is 2.22. The second-order valence-corrected chi connectivity index (χ2v) is 5.98. The van der Waals surface area contributed by atoms with Crippen molar-refractivity contribution in [3.63, 3.8) is 0 Å². The summed E-state index contributed by atoms with van der Waals surface area (Å²) in [6.45, 7) is 1.50. The minimum absolute atomic E-state index is 0.204. The molecule has 4 nitrogen and oxygen atoms in total. The number of piperidine rings is 1. The maximum absolute atomic E-state index is 11.3. The molecule has 1 rings (SSSR count). The van der Waals surface area contributed by atoms with Gasteiger partial charge in [-0.2, -0.15) is 0 Å². The van der Waals surface area contributed by atoms with Crippen LogP contribution in [0.4, 0.5) is 0 Å². The first-order chi connectivity index (χ1) is 6.54. The molecule has 0 saturated carbocycles. The van der Waals surface area contributed by atoms with Gasteiger partial charge < -0.3 is 5.11 Å². The van der Waals surface area contributed by atoms with Crippen LogP contribution in [0.15, 0.2) is 0 Å². The van der Waals surface area contributed by atoms with Crippen molar-refractivity contribution in [2.24, 2.45) is 5.92 Å². The summed E-state index contributed by atoms with van der Waals surface area (Å²) in [4.78, 5) is 0. The average molecular weight is 221 g/mol. The van der Waals surface area contributed by atoms with Crippen molar-refractivity contribution in [2.75, 3.05) is 26.0 Å². The summed E-state index contributed by atoms with van der Waals surface area (Å²) >= 11 is 0. The van der Waals surface area contributed by atoms with E-state index in [1.54, 1.807) is 4.31 Å². The highest BCUT2D eigenvalue weighted by Gasteiger charge is 2.25. The number of hydrogen-bond donors (Lipinski definition) is 1. The SMILES string of the molecule is CS(=O)(=O)N1CCCC(CCCO)C1. The summed E-state index contributed by atoms with van der Waals surface area (Å²) < 4.78 is 24.1. The van der Waals surface area contributed by atoms with Crippen LogP contribution in [0.3, 0.4) is 0 Å². The summed E-state index contributed by atoms with van der Waals surface area (Å²) in [7, 11) is -3.01. The van der Waals surface area contributed by atoms with Crippen molar-refractivity contribution in [3.8, 4) is 0 Å². The molecule has 1 fully saturated rings. The Hall–Kier alpha value is -0.130. The fourth-order valence-electron chi connectivity index (χ4n) is 1.94. The Morgan fingerprint density at radius 2 is 2.21 bits per heavy atom. The number of aliphatic hydroxyl groups is 1. The van der Waals surface area contributed by atoms with Crippen LogP contribution in [-0.2, 0) is 10.0 Å². The van der Waals surface area contributed by atoms with E-state index < -0.39 is 10.0 Å². The Morgan fingerprint density at radius 3 is 2.79 bits per heavy atom. The maximum Gasteiger partial charge on any atom is 0.211 e. The third-order valence-corrected chi connectivity index (χ3v) is 3.99. The number of rotatable bonds is 4. The van der Waals surface area contributed by atoms with Crippen molar-refractivity contribution in [1.29, 1.82) is 0 Å². The van der Waals surface area contributed by atoms with Gasteiger partial charge in [0, 0.05) is 19.7 Å².